The predicted molar refractivity (Wildman–Crippen MR) is 122 cm³/mol. The molecular weight excluding hydrogens is 412 g/mol. The number of piperazine rings is 1. The fourth-order valence-electron chi connectivity index (χ4n) is 4.07. The summed E-state index contributed by atoms with van der Waals surface area (Å²) in [6.07, 6.45) is 0. The van der Waals surface area contributed by atoms with Crippen LogP contribution in [0.25, 0.3) is 5.69 Å². The van der Waals surface area contributed by atoms with Gasteiger partial charge in [0.1, 0.15) is 5.75 Å². The van der Waals surface area contributed by atoms with Crippen LogP contribution in [0.1, 0.15) is 27.3 Å². The number of para-hydroxylation sites is 1. The molecule has 1 amide bonds. The number of hydrogen-bond donors (Lipinski definition) is 0. The van der Waals surface area contributed by atoms with Crippen molar-refractivity contribution in [3.63, 3.8) is 0 Å². The zero-order chi connectivity index (χ0) is 22.0. The van der Waals surface area contributed by atoms with E-state index in [2.05, 4.69) is 30.9 Å². The number of rotatable bonds is 5. The lowest BCUT2D eigenvalue weighted by Crippen LogP contribution is -2.48. The van der Waals surface area contributed by atoms with Crippen molar-refractivity contribution >= 4 is 17.5 Å². The molecule has 2 aromatic carbocycles. The van der Waals surface area contributed by atoms with Crippen LogP contribution in [0, 0.1) is 13.8 Å². The van der Waals surface area contributed by atoms with Gasteiger partial charge in [-0.1, -0.05) is 29.8 Å². The van der Waals surface area contributed by atoms with Gasteiger partial charge in [0.25, 0.3) is 5.91 Å². The number of carbonyl (C=O) groups is 1. The van der Waals surface area contributed by atoms with Gasteiger partial charge >= 0.3 is 0 Å². The highest BCUT2D eigenvalue weighted by atomic mass is 35.5. The summed E-state index contributed by atoms with van der Waals surface area (Å²) in [5.74, 6) is 0.514. The number of aryl methyl sites for hydroxylation is 1. The Kier molecular flexibility index (Phi) is 6.30. The first kappa shape index (κ1) is 21.4. The summed E-state index contributed by atoms with van der Waals surface area (Å²) in [6, 6.07) is 15.3. The van der Waals surface area contributed by atoms with Crippen molar-refractivity contribution in [2.75, 3.05) is 33.3 Å². The Morgan fingerprint density at radius 1 is 1.06 bits per heavy atom. The van der Waals surface area contributed by atoms with E-state index >= 15 is 0 Å². The third-order valence-electron chi connectivity index (χ3n) is 5.88. The van der Waals surface area contributed by atoms with E-state index in [9.17, 15) is 4.79 Å². The van der Waals surface area contributed by atoms with E-state index in [1.165, 1.54) is 5.56 Å². The Labute approximate surface area is 188 Å². The van der Waals surface area contributed by atoms with Gasteiger partial charge in [-0.2, -0.15) is 5.10 Å². The fourth-order valence-corrected chi connectivity index (χ4v) is 4.25. The van der Waals surface area contributed by atoms with Gasteiger partial charge in [-0.15, -0.1) is 0 Å². The monoisotopic (exact) mass is 438 g/mol. The maximum absolute atomic E-state index is 13.0. The molecule has 7 heteroatoms. The predicted octanol–water partition coefficient (Wildman–Crippen LogP) is 4.11. The molecule has 0 aliphatic carbocycles. The van der Waals surface area contributed by atoms with Gasteiger partial charge in [0.15, 0.2) is 0 Å². The molecule has 1 aliphatic rings. The first-order valence-corrected chi connectivity index (χ1v) is 10.8. The van der Waals surface area contributed by atoms with Crippen molar-refractivity contribution in [2.45, 2.75) is 20.4 Å². The lowest BCUT2D eigenvalue weighted by Gasteiger charge is -2.35. The molecule has 0 bridgehead atoms. The second-order valence-electron chi connectivity index (χ2n) is 7.81. The number of carbonyl (C=O) groups excluding carboxylic acids is 1. The molecule has 162 valence electrons. The Hall–Kier alpha value is -2.83. The average Bonchev–Trinajstić information content (AvgIpc) is 3.08. The lowest BCUT2D eigenvalue weighted by molar-refractivity contribution is 0.0624. The minimum Gasteiger partial charge on any atom is -0.496 e. The van der Waals surface area contributed by atoms with E-state index in [1.807, 2.05) is 27.8 Å². The van der Waals surface area contributed by atoms with Gasteiger partial charge in [-0.25, -0.2) is 4.68 Å². The summed E-state index contributed by atoms with van der Waals surface area (Å²) < 4.78 is 7.36. The molecule has 0 radical (unpaired) electrons. The molecule has 0 spiro atoms. The van der Waals surface area contributed by atoms with Gasteiger partial charge in [-0.05, 0) is 44.2 Å². The fraction of sp³-hybridized carbons (Fsp3) is 0.333. The quantitative estimate of drug-likeness (QED) is 0.601. The average molecular weight is 439 g/mol. The Morgan fingerprint density at radius 3 is 2.45 bits per heavy atom. The summed E-state index contributed by atoms with van der Waals surface area (Å²) in [6.45, 7) is 7.96. The summed E-state index contributed by atoms with van der Waals surface area (Å²) in [5.41, 5.74) is 5.04. The summed E-state index contributed by atoms with van der Waals surface area (Å²) in [4.78, 5) is 17.3. The number of aromatic nitrogens is 2. The number of methoxy groups -OCH3 is 1. The first-order valence-electron chi connectivity index (χ1n) is 10.4. The standard InChI is InChI=1S/C24H27ClN4O2/c1-17-22(18(2)29(26-17)20-7-5-4-6-8-20)16-27-11-13-28(14-12-27)24(30)21-15-19(25)9-10-23(21)31-3/h4-10,15H,11-14,16H2,1-3H3. The summed E-state index contributed by atoms with van der Waals surface area (Å²) in [7, 11) is 1.57. The normalized spacial score (nSPS) is 14.6. The van der Waals surface area contributed by atoms with Gasteiger partial charge in [0.2, 0.25) is 0 Å². The zero-order valence-electron chi connectivity index (χ0n) is 18.1. The highest BCUT2D eigenvalue weighted by Gasteiger charge is 2.26. The number of amides is 1. The molecule has 0 atom stereocenters. The van der Waals surface area contributed by atoms with E-state index in [0.29, 0.717) is 29.4 Å². The van der Waals surface area contributed by atoms with Crippen LogP contribution in [0.3, 0.4) is 0 Å². The van der Waals surface area contributed by atoms with E-state index in [1.54, 1.807) is 25.3 Å². The van der Waals surface area contributed by atoms with Crippen LogP contribution >= 0.6 is 11.6 Å². The largest absolute Gasteiger partial charge is 0.496 e. The topological polar surface area (TPSA) is 50.6 Å². The van der Waals surface area contributed by atoms with Crippen LogP contribution in [0.4, 0.5) is 0 Å². The smallest absolute Gasteiger partial charge is 0.257 e. The van der Waals surface area contributed by atoms with E-state index < -0.39 is 0 Å². The third kappa shape index (κ3) is 4.45. The molecule has 1 aromatic heterocycles. The molecule has 31 heavy (non-hydrogen) atoms. The molecule has 1 fully saturated rings. The Balaban J connectivity index is 1.43. The van der Waals surface area contributed by atoms with Gasteiger partial charge < -0.3 is 9.64 Å². The van der Waals surface area contributed by atoms with E-state index in [-0.39, 0.29) is 5.91 Å². The SMILES string of the molecule is COc1ccc(Cl)cc1C(=O)N1CCN(Cc2c(C)nn(-c3ccccc3)c2C)CC1. The van der Waals surface area contributed by atoms with Crippen molar-refractivity contribution in [3.05, 3.63) is 76.1 Å². The van der Waals surface area contributed by atoms with Crippen LogP contribution in [-0.2, 0) is 6.54 Å². The van der Waals surface area contributed by atoms with Crippen molar-refractivity contribution in [3.8, 4) is 11.4 Å². The summed E-state index contributed by atoms with van der Waals surface area (Å²) in [5, 5.41) is 5.29. The Morgan fingerprint density at radius 2 is 1.77 bits per heavy atom. The maximum Gasteiger partial charge on any atom is 0.257 e. The number of nitrogens with zero attached hydrogens (tertiary/aromatic N) is 4. The summed E-state index contributed by atoms with van der Waals surface area (Å²) >= 11 is 6.10. The second kappa shape index (κ2) is 9.12. The maximum atomic E-state index is 13.0. The third-order valence-corrected chi connectivity index (χ3v) is 6.11. The molecule has 4 rings (SSSR count). The zero-order valence-corrected chi connectivity index (χ0v) is 18.9. The van der Waals surface area contributed by atoms with E-state index in [0.717, 1.165) is 36.7 Å². The molecule has 2 heterocycles. The van der Waals surface area contributed by atoms with Crippen molar-refractivity contribution in [2.24, 2.45) is 0 Å². The number of benzene rings is 2. The van der Waals surface area contributed by atoms with Crippen LogP contribution in [0.15, 0.2) is 48.5 Å². The number of halogens is 1. The van der Waals surface area contributed by atoms with Crippen LogP contribution in [-0.4, -0.2) is 58.8 Å². The van der Waals surface area contributed by atoms with E-state index in [4.69, 9.17) is 21.4 Å². The minimum atomic E-state index is -0.0386. The molecule has 1 saturated heterocycles. The molecule has 0 unspecified atom stereocenters. The Bertz CT molecular complexity index is 1070. The van der Waals surface area contributed by atoms with Crippen molar-refractivity contribution in [1.82, 2.24) is 19.6 Å². The number of ether oxygens (including phenoxy) is 1. The molecule has 0 N–H and O–H groups in total. The van der Waals surface area contributed by atoms with Crippen LogP contribution in [0.2, 0.25) is 5.02 Å². The molecular formula is C24H27ClN4O2. The minimum absolute atomic E-state index is 0.0386. The molecule has 3 aromatic rings. The van der Waals surface area contributed by atoms with Gasteiger partial charge in [0.05, 0.1) is 24.1 Å². The van der Waals surface area contributed by atoms with Crippen LogP contribution in [0.5, 0.6) is 5.75 Å². The van der Waals surface area contributed by atoms with Crippen LogP contribution < -0.4 is 4.74 Å². The second-order valence-corrected chi connectivity index (χ2v) is 8.25. The number of hydrogen-bond acceptors (Lipinski definition) is 4. The van der Waals surface area contributed by atoms with Gasteiger partial charge in [-0.3, -0.25) is 9.69 Å². The van der Waals surface area contributed by atoms with Crippen molar-refractivity contribution < 1.29 is 9.53 Å². The highest BCUT2D eigenvalue weighted by molar-refractivity contribution is 6.31. The molecule has 6 nitrogen and oxygen atoms in total. The molecule has 0 saturated carbocycles. The molecule has 1 aliphatic heterocycles. The lowest BCUT2D eigenvalue weighted by atomic mass is 10.1. The first-order chi connectivity index (χ1) is 15.0. The highest BCUT2D eigenvalue weighted by Crippen LogP contribution is 2.25. The van der Waals surface area contributed by atoms with Gasteiger partial charge in [0, 0.05) is 49.0 Å². The van der Waals surface area contributed by atoms with Crippen molar-refractivity contribution in [1.29, 1.82) is 0 Å².